The first-order chi connectivity index (χ1) is 15.2. The van der Waals surface area contributed by atoms with Crippen LogP contribution in [0.15, 0.2) is 89.5 Å². The Labute approximate surface area is 180 Å². The van der Waals surface area contributed by atoms with Crippen molar-refractivity contribution in [3.05, 3.63) is 108 Å². The van der Waals surface area contributed by atoms with Gasteiger partial charge < -0.3 is 14.6 Å². The number of carbonyl (C=O) groups is 1. The van der Waals surface area contributed by atoms with E-state index in [1.165, 1.54) is 0 Å². The highest BCUT2D eigenvalue weighted by Crippen LogP contribution is 2.22. The largest absolute Gasteiger partial charge is 0.445 e. The highest BCUT2D eigenvalue weighted by atomic mass is 16.5. The molecule has 1 N–H and O–H groups in total. The summed E-state index contributed by atoms with van der Waals surface area (Å²) in [6.45, 7) is 2.20. The van der Waals surface area contributed by atoms with Crippen molar-refractivity contribution in [3.63, 3.8) is 0 Å². The van der Waals surface area contributed by atoms with Crippen LogP contribution in [0.4, 0.5) is 4.79 Å². The first-order valence-electron chi connectivity index (χ1n) is 10.1. The van der Waals surface area contributed by atoms with Crippen LogP contribution in [0.25, 0.3) is 11.4 Å². The van der Waals surface area contributed by atoms with Crippen LogP contribution in [-0.4, -0.2) is 16.2 Å². The summed E-state index contributed by atoms with van der Waals surface area (Å²) in [5.41, 5.74) is 3.95. The van der Waals surface area contributed by atoms with Crippen molar-refractivity contribution >= 4 is 6.09 Å². The number of nitrogens with zero attached hydrogens (tertiary/aromatic N) is 2. The molecule has 0 saturated carbocycles. The molecule has 1 atom stereocenters. The lowest BCUT2D eigenvalue weighted by atomic mass is 10.1. The quantitative estimate of drug-likeness (QED) is 0.447. The zero-order valence-electron chi connectivity index (χ0n) is 17.2. The molecule has 6 heteroatoms. The number of rotatable bonds is 7. The molecular weight excluding hydrogens is 390 g/mol. The van der Waals surface area contributed by atoms with Crippen molar-refractivity contribution in [1.29, 1.82) is 0 Å². The van der Waals surface area contributed by atoms with E-state index in [0.717, 1.165) is 22.3 Å². The summed E-state index contributed by atoms with van der Waals surface area (Å²) in [6.07, 6.45) is -0.0450. The fourth-order valence-corrected chi connectivity index (χ4v) is 3.15. The van der Waals surface area contributed by atoms with Crippen LogP contribution in [0.2, 0.25) is 0 Å². The van der Waals surface area contributed by atoms with E-state index in [4.69, 9.17) is 9.26 Å². The summed E-state index contributed by atoms with van der Waals surface area (Å²) in [7, 11) is 0. The lowest BCUT2D eigenvalue weighted by Gasteiger charge is -2.15. The molecule has 0 aliphatic carbocycles. The Morgan fingerprint density at radius 3 is 2.26 bits per heavy atom. The average molecular weight is 413 g/mol. The molecule has 31 heavy (non-hydrogen) atoms. The van der Waals surface area contributed by atoms with E-state index in [1.54, 1.807) is 0 Å². The van der Waals surface area contributed by atoms with Gasteiger partial charge in [0.25, 0.3) is 0 Å². The molecule has 0 fully saturated rings. The molecule has 156 valence electrons. The van der Waals surface area contributed by atoms with Crippen LogP contribution >= 0.6 is 0 Å². The second-order valence-corrected chi connectivity index (χ2v) is 7.27. The highest BCUT2D eigenvalue weighted by molar-refractivity contribution is 5.67. The number of alkyl carbamates (subject to hydrolysis) is 1. The third-order valence-corrected chi connectivity index (χ3v) is 4.84. The van der Waals surface area contributed by atoms with Crippen molar-refractivity contribution < 1.29 is 14.1 Å². The van der Waals surface area contributed by atoms with Crippen LogP contribution < -0.4 is 5.32 Å². The Hall–Kier alpha value is -3.93. The molecule has 0 bridgehead atoms. The van der Waals surface area contributed by atoms with Crippen molar-refractivity contribution in [2.75, 3.05) is 0 Å². The van der Waals surface area contributed by atoms with Gasteiger partial charge in [-0.1, -0.05) is 95.6 Å². The summed E-state index contributed by atoms with van der Waals surface area (Å²) in [5.74, 6) is 0.809. The van der Waals surface area contributed by atoms with Crippen molar-refractivity contribution in [2.24, 2.45) is 0 Å². The molecule has 4 rings (SSSR count). The van der Waals surface area contributed by atoms with E-state index in [0.29, 0.717) is 18.1 Å². The fraction of sp³-hybridized carbons (Fsp3) is 0.160. The molecule has 6 nitrogen and oxygen atoms in total. The fourth-order valence-electron chi connectivity index (χ4n) is 3.15. The molecule has 4 aromatic rings. The Balaban J connectivity index is 1.50. The first-order valence-corrected chi connectivity index (χ1v) is 10.1. The van der Waals surface area contributed by atoms with Gasteiger partial charge in [-0.3, -0.25) is 0 Å². The molecule has 1 aromatic heterocycles. The second-order valence-electron chi connectivity index (χ2n) is 7.27. The Bertz CT molecular complexity index is 1110. The van der Waals surface area contributed by atoms with Gasteiger partial charge in [0.05, 0.1) is 0 Å². The number of aromatic nitrogens is 2. The summed E-state index contributed by atoms with van der Waals surface area (Å²) in [6, 6.07) is 26.7. The molecule has 0 saturated heterocycles. The van der Waals surface area contributed by atoms with Gasteiger partial charge in [0.1, 0.15) is 12.6 Å². The minimum atomic E-state index is -0.542. The second kappa shape index (κ2) is 9.71. The van der Waals surface area contributed by atoms with Crippen molar-refractivity contribution in [1.82, 2.24) is 15.5 Å². The molecule has 1 heterocycles. The van der Waals surface area contributed by atoms with E-state index < -0.39 is 12.1 Å². The third-order valence-electron chi connectivity index (χ3n) is 4.84. The predicted octanol–water partition coefficient (Wildman–Crippen LogP) is 5.26. The number of hydrogen-bond donors (Lipinski definition) is 1. The Morgan fingerprint density at radius 2 is 1.58 bits per heavy atom. The normalized spacial score (nSPS) is 11.6. The van der Waals surface area contributed by atoms with Crippen LogP contribution in [0.1, 0.15) is 28.6 Å². The summed E-state index contributed by atoms with van der Waals surface area (Å²) >= 11 is 0. The minimum Gasteiger partial charge on any atom is -0.445 e. The minimum absolute atomic E-state index is 0.184. The Kier molecular flexibility index (Phi) is 6.38. The molecule has 0 spiro atoms. The van der Waals surface area contributed by atoms with Crippen molar-refractivity contribution in [2.45, 2.75) is 26.0 Å². The Morgan fingerprint density at radius 1 is 0.935 bits per heavy atom. The topological polar surface area (TPSA) is 77.2 Å². The molecular formula is C25H23N3O3. The van der Waals surface area contributed by atoms with Gasteiger partial charge in [-0.25, -0.2) is 4.79 Å². The zero-order chi connectivity index (χ0) is 21.5. The molecule has 3 aromatic carbocycles. The van der Waals surface area contributed by atoms with Gasteiger partial charge in [-0.05, 0) is 18.1 Å². The predicted molar refractivity (Wildman–Crippen MR) is 117 cm³/mol. The van der Waals surface area contributed by atoms with E-state index in [9.17, 15) is 4.79 Å². The number of nitrogens with one attached hydrogen (secondary N) is 1. The maximum Gasteiger partial charge on any atom is 0.408 e. The molecule has 0 aliphatic heterocycles. The van der Waals surface area contributed by atoms with Gasteiger partial charge in [-0.15, -0.1) is 0 Å². The molecule has 0 radical (unpaired) electrons. The van der Waals surface area contributed by atoms with E-state index in [1.807, 2.05) is 91.9 Å². The van der Waals surface area contributed by atoms with E-state index in [-0.39, 0.29) is 6.61 Å². The number of ether oxygens (including phenoxy) is 1. The molecule has 1 amide bonds. The summed E-state index contributed by atoms with van der Waals surface area (Å²) in [5, 5.41) is 6.97. The molecule has 0 aliphatic rings. The number of hydrogen-bond acceptors (Lipinski definition) is 5. The number of carbonyl (C=O) groups excluding carboxylic acids is 1. The molecule has 0 unspecified atom stereocenters. The van der Waals surface area contributed by atoms with Gasteiger partial charge >= 0.3 is 6.09 Å². The lowest BCUT2D eigenvalue weighted by molar-refractivity contribution is 0.133. The highest BCUT2D eigenvalue weighted by Gasteiger charge is 2.23. The maximum absolute atomic E-state index is 12.5. The number of aryl methyl sites for hydroxylation is 1. The maximum atomic E-state index is 12.5. The number of amides is 1. The summed E-state index contributed by atoms with van der Waals surface area (Å²) in [4.78, 5) is 17.0. The van der Waals surface area contributed by atoms with Gasteiger partial charge in [0.15, 0.2) is 0 Å². The zero-order valence-corrected chi connectivity index (χ0v) is 17.2. The van der Waals surface area contributed by atoms with Gasteiger partial charge in [-0.2, -0.15) is 4.98 Å². The third kappa shape index (κ3) is 5.57. The standard InChI is InChI=1S/C25H23N3O3/c1-18-12-14-21(15-13-18)23-27-24(31-28-23)22(16-19-8-4-2-5-9-19)26-25(29)30-17-20-10-6-3-7-11-20/h2-15,22H,16-17H2,1H3,(H,26,29)/t22-/m1/s1. The van der Waals surface area contributed by atoms with Crippen LogP contribution in [0.5, 0.6) is 0 Å². The smallest absolute Gasteiger partial charge is 0.408 e. The van der Waals surface area contributed by atoms with E-state index in [2.05, 4.69) is 15.5 Å². The lowest BCUT2D eigenvalue weighted by Crippen LogP contribution is -2.30. The van der Waals surface area contributed by atoms with Gasteiger partial charge in [0, 0.05) is 12.0 Å². The van der Waals surface area contributed by atoms with Crippen LogP contribution in [0.3, 0.4) is 0 Å². The van der Waals surface area contributed by atoms with Gasteiger partial charge in [0.2, 0.25) is 11.7 Å². The number of benzene rings is 3. The summed E-state index contributed by atoms with van der Waals surface area (Å²) < 4.78 is 10.9. The van der Waals surface area contributed by atoms with Crippen LogP contribution in [0, 0.1) is 6.92 Å². The SMILES string of the molecule is Cc1ccc(-c2noc([C@@H](Cc3ccccc3)NC(=O)OCc3ccccc3)n2)cc1. The van der Waals surface area contributed by atoms with E-state index >= 15 is 0 Å². The average Bonchev–Trinajstić information content (AvgIpc) is 3.29. The first kappa shape index (κ1) is 20.3. The monoisotopic (exact) mass is 413 g/mol. The van der Waals surface area contributed by atoms with Crippen LogP contribution in [-0.2, 0) is 17.8 Å². The van der Waals surface area contributed by atoms with Crippen molar-refractivity contribution in [3.8, 4) is 11.4 Å².